The maximum Gasteiger partial charge on any atom is 0.332 e. The van der Waals surface area contributed by atoms with E-state index >= 15 is 0 Å². The molecule has 0 bridgehead atoms. The number of para-hydroxylation sites is 1. The van der Waals surface area contributed by atoms with Gasteiger partial charge in [-0.2, -0.15) is 0 Å². The number of hydrogen-bond donors (Lipinski definition) is 2. The number of nitrogens with zero attached hydrogens (tertiary/aromatic N) is 2. The zero-order valence-corrected chi connectivity index (χ0v) is 22.4. The van der Waals surface area contributed by atoms with Gasteiger partial charge in [0.15, 0.2) is 5.54 Å². The minimum absolute atomic E-state index is 0.275. The molecule has 200 valence electrons. The molecule has 5 rings (SSSR count). The Labute approximate surface area is 223 Å². The molecule has 1 saturated heterocycles. The van der Waals surface area contributed by atoms with Gasteiger partial charge in [0.05, 0.1) is 24.1 Å². The summed E-state index contributed by atoms with van der Waals surface area (Å²) in [5.41, 5.74) is 2.08. The van der Waals surface area contributed by atoms with Gasteiger partial charge < -0.3 is 19.9 Å². The lowest BCUT2D eigenvalue weighted by Crippen LogP contribution is -2.49. The molecule has 0 saturated carbocycles. The molecule has 8 nitrogen and oxygen atoms in total. The maximum atomic E-state index is 14.1. The van der Waals surface area contributed by atoms with Crippen molar-refractivity contribution >= 4 is 34.4 Å². The van der Waals surface area contributed by atoms with E-state index in [0.717, 1.165) is 47.2 Å². The molecular formula is C30H36N4O4. The summed E-state index contributed by atoms with van der Waals surface area (Å²) in [4.78, 5) is 47.2. The number of nitrogens with one attached hydrogen (secondary N) is 2. The maximum absolute atomic E-state index is 14.1. The number of aromatic amines is 1. The van der Waals surface area contributed by atoms with Crippen LogP contribution >= 0.6 is 0 Å². The predicted octanol–water partition coefficient (Wildman–Crippen LogP) is 5.51. The largest absolute Gasteiger partial charge is 0.497 e. The zero-order valence-electron chi connectivity index (χ0n) is 22.4. The quantitative estimate of drug-likeness (QED) is 0.275. The van der Waals surface area contributed by atoms with Crippen molar-refractivity contribution < 1.29 is 19.1 Å². The molecule has 4 amide bonds. The summed E-state index contributed by atoms with van der Waals surface area (Å²) in [6, 6.07) is 12.2. The first-order valence-corrected chi connectivity index (χ1v) is 13.6. The summed E-state index contributed by atoms with van der Waals surface area (Å²) in [5, 5.41) is 3.97. The van der Waals surface area contributed by atoms with Crippen LogP contribution in [0.4, 0.5) is 10.5 Å². The third kappa shape index (κ3) is 4.22. The number of hydrogen-bond acceptors (Lipinski definition) is 4. The number of fused-ring (bicyclic) bond motifs is 5. The Morgan fingerprint density at radius 1 is 1.08 bits per heavy atom. The number of unbranched alkanes of at least 4 members (excludes halogenated alkanes) is 5. The van der Waals surface area contributed by atoms with E-state index in [2.05, 4.69) is 17.2 Å². The highest BCUT2D eigenvalue weighted by Crippen LogP contribution is 2.46. The van der Waals surface area contributed by atoms with E-state index in [1.54, 1.807) is 43.2 Å². The van der Waals surface area contributed by atoms with E-state index in [9.17, 15) is 14.4 Å². The lowest BCUT2D eigenvalue weighted by atomic mass is 9.87. The van der Waals surface area contributed by atoms with Gasteiger partial charge in [0.2, 0.25) is 0 Å². The highest BCUT2D eigenvalue weighted by Gasteiger charge is 2.59. The van der Waals surface area contributed by atoms with Crippen molar-refractivity contribution in [1.82, 2.24) is 15.2 Å². The molecule has 3 aromatic rings. The number of carbonyl (C=O) groups is 3. The Morgan fingerprint density at radius 3 is 2.63 bits per heavy atom. The molecule has 1 unspecified atom stereocenters. The van der Waals surface area contributed by atoms with Gasteiger partial charge in [0.25, 0.3) is 11.8 Å². The first-order valence-electron chi connectivity index (χ1n) is 13.6. The first-order chi connectivity index (χ1) is 18.4. The number of anilines is 1. The fourth-order valence-electron chi connectivity index (χ4n) is 5.82. The van der Waals surface area contributed by atoms with E-state index in [1.807, 2.05) is 18.2 Å². The standard InChI is InChI=1S/C30H36N4O4/c1-4-5-6-7-8-11-17-31-27(35)22-12-9-10-13-25(22)34-28(36)30(2)26-21(16-18-33(30)29(34)37)23-19-20(38-3)14-15-24(23)32-26/h9-10,12-15,19,32H,4-8,11,16-18H2,1-3H3,(H,31,35). The van der Waals surface area contributed by atoms with Crippen LogP contribution in [0.2, 0.25) is 0 Å². The molecule has 0 radical (unpaired) electrons. The molecule has 0 spiro atoms. The lowest BCUT2D eigenvalue weighted by Gasteiger charge is -2.35. The van der Waals surface area contributed by atoms with Crippen molar-refractivity contribution in [3.63, 3.8) is 0 Å². The number of ether oxygens (including phenoxy) is 1. The van der Waals surface area contributed by atoms with Crippen LogP contribution in [-0.4, -0.2) is 47.9 Å². The van der Waals surface area contributed by atoms with Gasteiger partial charge in [-0.25, -0.2) is 9.69 Å². The number of carbonyl (C=O) groups excluding carboxylic acids is 3. The smallest absolute Gasteiger partial charge is 0.332 e. The van der Waals surface area contributed by atoms with Crippen LogP contribution in [0.25, 0.3) is 10.9 Å². The van der Waals surface area contributed by atoms with Gasteiger partial charge in [-0.05, 0) is 55.7 Å². The molecular weight excluding hydrogens is 480 g/mol. The Balaban J connectivity index is 1.41. The number of rotatable bonds is 10. The van der Waals surface area contributed by atoms with Gasteiger partial charge in [0, 0.05) is 24.0 Å². The Morgan fingerprint density at radius 2 is 1.84 bits per heavy atom. The number of benzene rings is 2. The third-order valence-corrected chi connectivity index (χ3v) is 7.97. The van der Waals surface area contributed by atoms with Crippen LogP contribution in [0.15, 0.2) is 42.5 Å². The average Bonchev–Trinajstić information content (AvgIpc) is 3.40. The Hall–Kier alpha value is -3.81. The van der Waals surface area contributed by atoms with Crippen LogP contribution < -0.4 is 15.0 Å². The van der Waals surface area contributed by atoms with Crippen molar-refractivity contribution in [3.05, 3.63) is 59.3 Å². The first kappa shape index (κ1) is 25.8. The van der Waals surface area contributed by atoms with Gasteiger partial charge in [-0.15, -0.1) is 0 Å². The molecule has 3 heterocycles. The molecule has 1 fully saturated rings. The van der Waals surface area contributed by atoms with Crippen LogP contribution in [0.5, 0.6) is 5.75 Å². The summed E-state index contributed by atoms with van der Waals surface area (Å²) in [5.74, 6) is 0.101. The summed E-state index contributed by atoms with van der Waals surface area (Å²) < 4.78 is 5.41. The predicted molar refractivity (Wildman–Crippen MR) is 148 cm³/mol. The summed E-state index contributed by atoms with van der Waals surface area (Å²) in [7, 11) is 1.63. The lowest BCUT2D eigenvalue weighted by molar-refractivity contribution is -0.125. The van der Waals surface area contributed by atoms with E-state index in [4.69, 9.17) is 4.74 Å². The Bertz CT molecular complexity index is 1380. The fourth-order valence-corrected chi connectivity index (χ4v) is 5.82. The molecule has 1 atom stereocenters. The second-order valence-electron chi connectivity index (χ2n) is 10.3. The van der Waals surface area contributed by atoms with Crippen molar-refractivity contribution in [1.29, 1.82) is 0 Å². The van der Waals surface area contributed by atoms with Crippen molar-refractivity contribution in [3.8, 4) is 5.75 Å². The zero-order chi connectivity index (χ0) is 26.9. The summed E-state index contributed by atoms with van der Waals surface area (Å²) in [6.07, 6.45) is 7.40. The molecule has 2 aliphatic rings. The van der Waals surface area contributed by atoms with E-state index < -0.39 is 11.6 Å². The van der Waals surface area contributed by atoms with E-state index in [-0.39, 0.29) is 11.8 Å². The highest BCUT2D eigenvalue weighted by atomic mass is 16.5. The normalized spacial score (nSPS) is 18.6. The van der Waals surface area contributed by atoms with Gasteiger partial charge in [-0.1, -0.05) is 51.2 Å². The minimum atomic E-state index is -1.20. The van der Waals surface area contributed by atoms with Crippen molar-refractivity contribution in [2.24, 2.45) is 0 Å². The molecule has 2 aromatic carbocycles. The molecule has 0 aliphatic carbocycles. The van der Waals surface area contributed by atoms with Crippen LogP contribution in [0.3, 0.4) is 0 Å². The second kappa shape index (κ2) is 10.5. The summed E-state index contributed by atoms with van der Waals surface area (Å²) >= 11 is 0. The molecule has 2 N–H and O–H groups in total. The average molecular weight is 517 g/mol. The van der Waals surface area contributed by atoms with Crippen LogP contribution in [-0.2, 0) is 16.8 Å². The topological polar surface area (TPSA) is 94.7 Å². The number of urea groups is 1. The number of methoxy groups -OCH3 is 1. The highest BCUT2D eigenvalue weighted by molar-refractivity contribution is 6.25. The molecule has 1 aromatic heterocycles. The SMILES string of the molecule is CCCCCCCCNC(=O)c1ccccc1N1C(=O)N2CCc3c([nH]c4ccc(OC)cc34)C2(C)C1=O. The van der Waals surface area contributed by atoms with Crippen molar-refractivity contribution in [2.45, 2.75) is 64.3 Å². The Kier molecular flexibility index (Phi) is 7.15. The van der Waals surface area contributed by atoms with Crippen LogP contribution in [0.1, 0.15) is 74.0 Å². The monoisotopic (exact) mass is 516 g/mol. The molecule has 2 aliphatic heterocycles. The van der Waals surface area contributed by atoms with Gasteiger partial charge in [-0.3, -0.25) is 9.59 Å². The number of imide groups is 1. The second-order valence-corrected chi connectivity index (χ2v) is 10.3. The van der Waals surface area contributed by atoms with E-state index in [0.29, 0.717) is 30.8 Å². The van der Waals surface area contributed by atoms with Gasteiger partial charge in [0.1, 0.15) is 5.75 Å². The molecule has 38 heavy (non-hydrogen) atoms. The number of aromatic nitrogens is 1. The third-order valence-electron chi connectivity index (χ3n) is 7.97. The van der Waals surface area contributed by atoms with E-state index in [1.165, 1.54) is 24.2 Å². The molecule has 8 heteroatoms. The minimum Gasteiger partial charge on any atom is -0.497 e. The number of H-pyrrole nitrogens is 1. The van der Waals surface area contributed by atoms with Crippen molar-refractivity contribution in [2.75, 3.05) is 25.1 Å². The number of amides is 4. The van der Waals surface area contributed by atoms with Crippen LogP contribution in [0, 0.1) is 0 Å². The summed E-state index contributed by atoms with van der Waals surface area (Å²) in [6.45, 7) is 4.95. The van der Waals surface area contributed by atoms with Gasteiger partial charge >= 0.3 is 6.03 Å². The fraction of sp³-hybridized carbons (Fsp3) is 0.433.